The van der Waals surface area contributed by atoms with E-state index in [1.165, 1.54) is 19.2 Å². The minimum Gasteiger partial charge on any atom is -0.369 e. The first-order valence-electron chi connectivity index (χ1n) is 9.50. The minimum atomic E-state index is -1.12. The van der Waals surface area contributed by atoms with Gasteiger partial charge in [-0.3, -0.25) is 4.84 Å². The van der Waals surface area contributed by atoms with E-state index >= 15 is 0 Å². The normalized spacial score (nSPS) is 17.6. The Hall–Kier alpha value is -3.38. The van der Waals surface area contributed by atoms with Crippen molar-refractivity contribution in [2.45, 2.75) is 11.3 Å². The number of hydrazone groups is 2. The van der Waals surface area contributed by atoms with E-state index in [1.54, 1.807) is 0 Å². The van der Waals surface area contributed by atoms with Crippen molar-refractivity contribution >= 4 is 28.8 Å². The van der Waals surface area contributed by atoms with Gasteiger partial charge >= 0.3 is 6.03 Å². The molecule has 1 aliphatic heterocycles. The van der Waals surface area contributed by atoms with Gasteiger partial charge in [-0.25, -0.2) is 18.6 Å². The number of nitrogens with one attached hydrogen (secondary N) is 1. The molecular formula is C20H23F2N7O2S. The Balaban J connectivity index is 2.10. The Kier molecular flexibility index (Phi) is 7.15. The van der Waals surface area contributed by atoms with Crippen molar-refractivity contribution in [2.75, 3.05) is 20.7 Å². The maximum Gasteiger partial charge on any atom is 0.365 e. The molecule has 0 fully saturated rings. The van der Waals surface area contributed by atoms with Gasteiger partial charge in [0.25, 0.3) is 0 Å². The molecule has 2 aromatic carbocycles. The van der Waals surface area contributed by atoms with E-state index < -0.39 is 22.5 Å². The van der Waals surface area contributed by atoms with Crippen molar-refractivity contribution in [1.82, 2.24) is 15.5 Å². The predicted molar refractivity (Wildman–Crippen MR) is 119 cm³/mol. The highest BCUT2D eigenvalue weighted by atomic mass is 32.2. The molecule has 2 amide bonds. The fourth-order valence-corrected chi connectivity index (χ4v) is 4.50. The molecule has 0 saturated carbocycles. The van der Waals surface area contributed by atoms with Gasteiger partial charge in [0.1, 0.15) is 21.5 Å². The molecule has 0 bridgehead atoms. The first-order valence-corrected chi connectivity index (χ1v) is 10.3. The lowest BCUT2D eigenvalue weighted by molar-refractivity contribution is -0.0804. The topological polar surface area (TPSA) is 122 Å². The molecule has 5 N–H and O–H groups in total. The highest BCUT2D eigenvalue weighted by Gasteiger charge is 2.49. The molecule has 12 heteroatoms. The van der Waals surface area contributed by atoms with Gasteiger partial charge in [0, 0.05) is 25.6 Å². The van der Waals surface area contributed by atoms with Crippen LogP contribution in [0.3, 0.4) is 0 Å². The summed E-state index contributed by atoms with van der Waals surface area (Å²) < 4.78 is 28.5. The molecule has 0 radical (unpaired) electrons. The highest BCUT2D eigenvalue weighted by molar-refractivity contribution is 8.15. The zero-order valence-electron chi connectivity index (χ0n) is 17.5. The largest absolute Gasteiger partial charge is 0.369 e. The van der Waals surface area contributed by atoms with E-state index in [2.05, 4.69) is 15.6 Å². The van der Waals surface area contributed by atoms with Gasteiger partial charge in [-0.05, 0) is 23.8 Å². The maximum atomic E-state index is 14.6. The van der Waals surface area contributed by atoms with Gasteiger partial charge < -0.3 is 16.9 Å². The monoisotopic (exact) mass is 463 g/mol. The quantitative estimate of drug-likeness (QED) is 0.251. The fourth-order valence-electron chi connectivity index (χ4n) is 3.13. The van der Waals surface area contributed by atoms with Crippen LogP contribution in [0.4, 0.5) is 13.6 Å². The van der Waals surface area contributed by atoms with Crippen LogP contribution < -0.4 is 16.9 Å². The lowest BCUT2D eigenvalue weighted by Crippen LogP contribution is -2.47. The van der Waals surface area contributed by atoms with Gasteiger partial charge in [0.15, 0.2) is 0 Å². The van der Waals surface area contributed by atoms with Crippen LogP contribution in [-0.4, -0.2) is 47.8 Å². The van der Waals surface area contributed by atoms with Gasteiger partial charge in [0.2, 0.25) is 5.96 Å². The third-order valence-electron chi connectivity index (χ3n) is 4.69. The summed E-state index contributed by atoms with van der Waals surface area (Å²) in [6.45, 7) is 0.245. The van der Waals surface area contributed by atoms with Crippen LogP contribution in [0.15, 0.2) is 58.7 Å². The number of hydrogen-bond acceptors (Lipinski definition) is 6. The van der Waals surface area contributed by atoms with Gasteiger partial charge in [0.05, 0.1) is 7.11 Å². The van der Waals surface area contributed by atoms with Crippen molar-refractivity contribution < 1.29 is 18.4 Å². The SMILES string of the molecule is CON(C)C(=O)N1N=C(c2cc(F)ccc2F)SC1(CCNN=C(N)N)c1ccccc1. The number of carbonyl (C=O) groups excluding carboxylic acids is 1. The number of halogens is 2. The first-order chi connectivity index (χ1) is 15.3. The number of urea groups is 1. The number of nitrogens with two attached hydrogens (primary N) is 2. The summed E-state index contributed by atoms with van der Waals surface area (Å²) in [5.41, 5.74) is 14.1. The molecule has 9 nitrogen and oxygen atoms in total. The number of thioether (sulfide) groups is 1. The number of carbonyl (C=O) groups is 1. The number of benzene rings is 2. The predicted octanol–water partition coefficient (Wildman–Crippen LogP) is 2.31. The van der Waals surface area contributed by atoms with Crippen LogP contribution in [0.2, 0.25) is 0 Å². The molecule has 1 aliphatic rings. The molecule has 1 heterocycles. The lowest BCUT2D eigenvalue weighted by atomic mass is 10.0. The number of hydrogen-bond donors (Lipinski definition) is 3. The molecule has 170 valence electrons. The van der Waals surface area contributed by atoms with E-state index in [4.69, 9.17) is 16.3 Å². The van der Waals surface area contributed by atoms with Crippen molar-refractivity contribution in [3.63, 3.8) is 0 Å². The molecule has 0 aromatic heterocycles. The van der Waals surface area contributed by atoms with E-state index in [-0.39, 0.29) is 29.5 Å². The second-order valence-corrected chi connectivity index (χ2v) is 8.02. The van der Waals surface area contributed by atoms with Crippen molar-refractivity contribution in [3.8, 4) is 0 Å². The third kappa shape index (κ3) is 4.75. The molecule has 0 saturated heterocycles. The average Bonchev–Trinajstić information content (AvgIpc) is 3.18. The van der Waals surface area contributed by atoms with Gasteiger partial charge in [-0.1, -0.05) is 42.1 Å². The molecule has 32 heavy (non-hydrogen) atoms. The number of hydroxylamine groups is 2. The third-order valence-corrected chi connectivity index (χ3v) is 6.14. The highest BCUT2D eigenvalue weighted by Crippen LogP contribution is 2.50. The summed E-state index contributed by atoms with van der Waals surface area (Å²) in [5, 5.41) is 10.5. The molecule has 0 aliphatic carbocycles. The van der Waals surface area contributed by atoms with E-state index in [9.17, 15) is 13.6 Å². The van der Waals surface area contributed by atoms with Crippen molar-refractivity contribution in [1.29, 1.82) is 0 Å². The molecule has 2 aromatic rings. The number of guanidine groups is 1. The average molecular weight is 464 g/mol. The Morgan fingerprint density at radius 1 is 1.28 bits per heavy atom. The van der Waals surface area contributed by atoms with Crippen molar-refractivity contribution in [2.24, 2.45) is 21.7 Å². The summed E-state index contributed by atoms with van der Waals surface area (Å²) in [7, 11) is 2.76. The maximum absolute atomic E-state index is 14.6. The summed E-state index contributed by atoms with van der Waals surface area (Å²) in [4.78, 5) is 17.1. The summed E-state index contributed by atoms with van der Waals surface area (Å²) in [5.74, 6) is -1.43. The zero-order chi connectivity index (χ0) is 23.3. The molecule has 1 unspecified atom stereocenters. The fraction of sp³-hybridized carbons (Fsp3) is 0.250. The van der Waals surface area contributed by atoms with Gasteiger partial charge in [-0.2, -0.15) is 10.1 Å². The summed E-state index contributed by atoms with van der Waals surface area (Å²) in [6, 6.07) is 11.6. The van der Waals surface area contributed by atoms with Crippen LogP contribution in [0.25, 0.3) is 0 Å². The second-order valence-electron chi connectivity index (χ2n) is 6.75. The lowest BCUT2D eigenvalue weighted by Gasteiger charge is -2.37. The smallest absolute Gasteiger partial charge is 0.365 e. The molecule has 0 spiro atoms. The summed E-state index contributed by atoms with van der Waals surface area (Å²) in [6.07, 6.45) is 0.270. The Morgan fingerprint density at radius 3 is 2.66 bits per heavy atom. The number of amides is 2. The van der Waals surface area contributed by atoms with Crippen LogP contribution >= 0.6 is 11.8 Å². The number of nitrogens with zero attached hydrogens (tertiary/aromatic N) is 4. The molecule has 1 atom stereocenters. The zero-order valence-corrected chi connectivity index (χ0v) is 18.3. The number of rotatable bonds is 7. The van der Waals surface area contributed by atoms with Crippen LogP contribution in [0.5, 0.6) is 0 Å². The molecule has 3 rings (SSSR count). The standard InChI is InChI=1S/C20H23F2N7O2S/c1-28(31-2)19(30)29-20(10-11-25-26-18(23)24,13-6-4-3-5-7-13)32-17(27-29)15-12-14(21)8-9-16(15)22/h3-9,12,25H,10-11H2,1-2H3,(H4,23,24,26). The first kappa shape index (κ1) is 23.3. The van der Waals surface area contributed by atoms with Crippen LogP contribution in [-0.2, 0) is 9.71 Å². The van der Waals surface area contributed by atoms with Crippen LogP contribution in [0.1, 0.15) is 17.5 Å². The Labute approximate surface area is 188 Å². The van der Waals surface area contributed by atoms with Gasteiger partial charge in [-0.15, -0.1) is 5.10 Å². The second kappa shape index (κ2) is 9.83. The summed E-state index contributed by atoms with van der Waals surface area (Å²) >= 11 is 1.13. The van der Waals surface area contributed by atoms with Crippen molar-refractivity contribution in [3.05, 3.63) is 71.3 Å². The Morgan fingerprint density at radius 2 is 2.00 bits per heavy atom. The Bertz CT molecular complexity index is 1030. The van der Waals surface area contributed by atoms with E-state index in [0.29, 0.717) is 5.56 Å². The molecular weight excluding hydrogens is 440 g/mol. The van der Waals surface area contributed by atoms with E-state index in [1.807, 2.05) is 30.3 Å². The van der Waals surface area contributed by atoms with Crippen LogP contribution in [0, 0.1) is 11.6 Å². The van der Waals surface area contributed by atoms with E-state index in [0.717, 1.165) is 35.0 Å². The minimum absolute atomic E-state index is 0.0529.